The van der Waals surface area contributed by atoms with Crippen LogP contribution >= 0.6 is 0 Å². The number of hydrogen-bond acceptors (Lipinski definition) is 4. The summed E-state index contributed by atoms with van der Waals surface area (Å²) < 4.78 is 46.1. The molecular weight excluding hydrogens is 296 g/mol. The Balaban J connectivity index is 2.11. The average molecular weight is 325 g/mol. The molecule has 6 heteroatoms. The lowest BCUT2D eigenvalue weighted by Gasteiger charge is -2.21. The van der Waals surface area contributed by atoms with E-state index in [1.165, 1.54) is 12.7 Å². The Kier molecular flexibility index (Phi) is 7.51. The summed E-state index contributed by atoms with van der Waals surface area (Å²) in [7, 11) is -5.75. The molecule has 1 aliphatic rings. The molecule has 1 fully saturated rings. The Labute approximate surface area is 124 Å². The van der Waals surface area contributed by atoms with E-state index in [1.807, 2.05) is 0 Å². The molecular formula is C14H28O4S2. The first-order valence-electron chi connectivity index (χ1n) is 7.70. The van der Waals surface area contributed by atoms with E-state index in [1.54, 1.807) is 0 Å². The second-order valence-corrected chi connectivity index (χ2v) is 10.7. The van der Waals surface area contributed by atoms with Crippen LogP contribution in [-0.2, 0) is 19.7 Å². The van der Waals surface area contributed by atoms with E-state index in [0.29, 0.717) is 12.2 Å². The molecule has 0 spiro atoms. The third-order valence-corrected chi connectivity index (χ3v) is 7.38. The van der Waals surface area contributed by atoms with Crippen LogP contribution in [0.1, 0.15) is 64.2 Å². The maximum atomic E-state index is 12.1. The lowest BCUT2D eigenvalue weighted by Crippen LogP contribution is -2.26. The van der Waals surface area contributed by atoms with Crippen molar-refractivity contribution in [3.05, 3.63) is 0 Å². The fourth-order valence-corrected chi connectivity index (χ4v) is 5.51. The van der Waals surface area contributed by atoms with Crippen molar-refractivity contribution in [3.63, 3.8) is 0 Å². The fraction of sp³-hybridized carbons (Fsp3) is 1.00. The van der Waals surface area contributed by atoms with E-state index in [-0.39, 0.29) is 11.0 Å². The Bertz CT molecular complexity index is 459. The topological polar surface area (TPSA) is 68.3 Å². The third kappa shape index (κ3) is 7.62. The molecule has 1 rings (SSSR count). The van der Waals surface area contributed by atoms with E-state index in [2.05, 4.69) is 0 Å². The predicted molar refractivity (Wildman–Crippen MR) is 83.5 cm³/mol. The van der Waals surface area contributed by atoms with Crippen molar-refractivity contribution in [3.8, 4) is 0 Å². The molecule has 0 amide bonds. The molecule has 0 heterocycles. The van der Waals surface area contributed by atoms with Gasteiger partial charge < -0.3 is 0 Å². The van der Waals surface area contributed by atoms with Gasteiger partial charge in [-0.1, -0.05) is 38.5 Å². The SMILES string of the molecule is CS(=O)(=O)CCCCCCCS(=O)(=O)C1CCCCC1. The second-order valence-electron chi connectivity index (χ2n) is 6.02. The first-order chi connectivity index (χ1) is 9.31. The van der Waals surface area contributed by atoms with Gasteiger partial charge in [0, 0.05) is 12.0 Å². The van der Waals surface area contributed by atoms with Crippen molar-refractivity contribution in [2.45, 2.75) is 69.5 Å². The van der Waals surface area contributed by atoms with Gasteiger partial charge in [0.05, 0.1) is 11.0 Å². The molecule has 0 N–H and O–H groups in total. The maximum Gasteiger partial charge on any atom is 0.153 e. The molecule has 0 aromatic rings. The van der Waals surface area contributed by atoms with Crippen molar-refractivity contribution in [2.75, 3.05) is 17.8 Å². The molecule has 20 heavy (non-hydrogen) atoms. The van der Waals surface area contributed by atoms with Gasteiger partial charge >= 0.3 is 0 Å². The zero-order valence-corrected chi connectivity index (χ0v) is 14.1. The normalized spacial score (nSPS) is 18.2. The highest BCUT2D eigenvalue weighted by molar-refractivity contribution is 7.92. The Morgan fingerprint density at radius 3 is 1.80 bits per heavy atom. The van der Waals surface area contributed by atoms with Crippen LogP contribution in [0.2, 0.25) is 0 Å². The highest BCUT2D eigenvalue weighted by Crippen LogP contribution is 2.24. The molecule has 0 radical (unpaired) electrons. The summed E-state index contributed by atoms with van der Waals surface area (Å²) in [5.74, 6) is 0.553. The third-order valence-electron chi connectivity index (χ3n) is 4.00. The van der Waals surface area contributed by atoms with E-state index in [0.717, 1.165) is 51.4 Å². The summed E-state index contributed by atoms with van der Waals surface area (Å²) in [4.78, 5) is 0. The molecule has 0 aromatic carbocycles. The van der Waals surface area contributed by atoms with E-state index in [9.17, 15) is 16.8 Å². The monoisotopic (exact) mass is 324 g/mol. The minimum Gasteiger partial charge on any atom is -0.229 e. The standard InChI is InChI=1S/C14H28O4S2/c1-19(15,16)12-8-3-2-4-9-13-20(17,18)14-10-6-5-7-11-14/h14H,2-13H2,1H3. The van der Waals surface area contributed by atoms with Crippen LogP contribution in [0.15, 0.2) is 0 Å². The highest BCUT2D eigenvalue weighted by atomic mass is 32.2. The largest absolute Gasteiger partial charge is 0.229 e. The summed E-state index contributed by atoms with van der Waals surface area (Å²) in [6, 6.07) is 0. The van der Waals surface area contributed by atoms with Gasteiger partial charge in [-0.15, -0.1) is 0 Å². The van der Waals surface area contributed by atoms with Gasteiger partial charge in [-0.3, -0.25) is 0 Å². The van der Waals surface area contributed by atoms with Crippen LogP contribution in [0, 0.1) is 0 Å². The van der Waals surface area contributed by atoms with E-state index in [4.69, 9.17) is 0 Å². The highest BCUT2D eigenvalue weighted by Gasteiger charge is 2.26. The summed E-state index contributed by atoms with van der Waals surface area (Å²) in [5, 5.41) is -0.0958. The molecule has 0 aliphatic heterocycles. The minimum atomic E-state index is -2.90. The first kappa shape index (κ1) is 18.0. The van der Waals surface area contributed by atoms with Crippen LogP contribution in [0.5, 0.6) is 0 Å². The van der Waals surface area contributed by atoms with Gasteiger partial charge in [0.2, 0.25) is 0 Å². The van der Waals surface area contributed by atoms with Crippen molar-refractivity contribution in [1.29, 1.82) is 0 Å². The zero-order valence-electron chi connectivity index (χ0n) is 12.5. The Morgan fingerprint density at radius 2 is 1.25 bits per heavy atom. The van der Waals surface area contributed by atoms with Crippen LogP contribution in [0.4, 0.5) is 0 Å². The second kappa shape index (κ2) is 8.37. The van der Waals surface area contributed by atoms with Crippen LogP contribution in [0.25, 0.3) is 0 Å². The number of unbranched alkanes of at least 4 members (excludes halogenated alkanes) is 4. The molecule has 0 saturated heterocycles. The van der Waals surface area contributed by atoms with Gasteiger partial charge in [-0.25, -0.2) is 16.8 Å². The Morgan fingerprint density at radius 1 is 0.750 bits per heavy atom. The smallest absolute Gasteiger partial charge is 0.153 e. The van der Waals surface area contributed by atoms with Gasteiger partial charge in [0.25, 0.3) is 0 Å². The summed E-state index contributed by atoms with van der Waals surface area (Å²) >= 11 is 0. The van der Waals surface area contributed by atoms with Crippen molar-refractivity contribution in [1.82, 2.24) is 0 Å². The van der Waals surface area contributed by atoms with Gasteiger partial charge in [-0.2, -0.15) is 0 Å². The lowest BCUT2D eigenvalue weighted by molar-refractivity contribution is 0.482. The van der Waals surface area contributed by atoms with Gasteiger partial charge in [0.15, 0.2) is 9.84 Å². The van der Waals surface area contributed by atoms with Gasteiger partial charge in [0.1, 0.15) is 9.84 Å². The summed E-state index contributed by atoms with van der Waals surface area (Å²) in [6.07, 6.45) is 10.3. The first-order valence-corrected chi connectivity index (χ1v) is 11.5. The van der Waals surface area contributed by atoms with Crippen LogP contribution in [-0.4, -0.2) is 39.8 Å². The molecule has 0 aromatic heterocycles. The van der Waals surface area contributed by atoms with E-state index >= 15 is 0 Å². The summed E-state index contributed by atoms with van der Waals surface area (Å²) in [5.41, 5.74) is 0. The average Bonchev–Trinajstić information content (AvgIpc) is 2.37. The zero-order chi connectivity index (χ0) is 15.1. The number of sulfone groups is 2. The molecule has 120 valence electrons. The molecule has 0 unspecified atom stereocenters. The number of rotatable bonds is 9. The molecule has 4 nitrogen and oxygen atoms in total. The minimum absolute atomic E-state index is 0.0958. The number of hydrogen-bond donors (Lipinski definition) is 0. The molecule has 1 saturated carbocycles. The molecule has 1 aliphatic carbocycles. The van der Waals surface area contributed by atoms with Crippen molar-refractivity contribution >= 4 is 19.7 Å². The lowest BCUT2D eigenvalue weighted by atomic mass is 10.0. The fourth-order valence-electron chi connectivity index (χ4n) is 2.79. The van der Waals surface area contributed by atoms with Crippen LogP contribution < -0.4 is 0 Å². The van der Waals surface area contributed by atoms with Crippen LogP contribution in [0.3, 0.4) is 0 Å². The molecule has 0 atom stereocenters. The van der Waals surface area contributed by atoms with E-state index < -0.39 is 19.7 Å². The van der Waals surface area contributed by atoms with Crippen molar-refractivity contribution in [2.24, 2.45) is 0 Å². The van der Waals surface area contributed by atoms with Crippen molar-refractivity contribution < 1.29 is 16.8 Å². The quantitative estimate of drug-likeness (QED) is 0.612. The summed E-state index contributed by atoms with van der Waals surface area (Å²) in [6.45, 7) is 0. The van der Waals surface area contributed by atoms with Gasteiger partial charge in [-0.05, 0) is 25.7 Å². The molecule has 0 bridgehead atoms. The Hall–Kier alpha value is -0.100. The maximum absolute atomic E-state index is 12.1. The predicted octanol–water partition coefficient (Wildman–Crippen LogP) is 2.73.